The average molecular weight is 205 g/mol. The summed E-state index contributed by atoms with van der Waals surface area (Å²) >= 11 is 0. The lowest BCUT2D eigenvalue weighted by Gasteiger charge is -2.21. The van der Waals surface area contributed by atoms with Gasteiger partial charge in [-0.3, -0.25) is 0 Å². The summed E-state index contributed by atoms with van der Waals surface area (Å²) in [7, 11) is 0. The van der Waals surface area contributed by atoms with Gasteiger partial charge in [-0.15, -0.1) is 0 Å². The van der Waals surface area contributed by atoms with Crippen LogP contribution in [0.4, 0.5) is 0 Å². The van der Waals surface area contributed by atoms with Crippen molar-refractivity contribution in [2.45, 2.75) is 19.3 Å². The highest BCUT2D eigenvalue weighted by molar-refractivity contribution is 5.25. The summed E-state index contributed by atoms with van der Waals surface area (Å²) in [4.78, 5) is 0. The van der Waals surface area contributed by atoms with Gasteiger partial charge in [0.1, 0.15) is 0 Å². The predicted octanol–water partition coefficient (Wildman–Crippen LogP) is 1.68. The molecule has 15 heavy (non-hydrogen) atoms. The fraction of sp³-hybridized carbons (Fsp3) is 0.538. The lowest BCUT2D eigenvalue weighted by atomic mass is 9.86. The molecule has 0 aliphatic carbocycles. The van der Waals surface area contributed by atoms with Crippen LogP contribution in [-0.2, 0) is 0 Å². The SMILES string of the molecule is Cc1ccc(C(CO)C2CCNC2)cc1. The minimum atomic E-state index is 0.259. The highest BCUT2D eigenvalue weighted by Crippen LogP contribution is 2.28. The number of aryl methyl sites for hydroxylation is 1. The molecule has 1 aromatic carbocycles. The van der Waals surface area contributed by atoms with Crippen molar-refractivity contribution >= 4 is 0 Å². The number of rotatable bonds is 3. The van der Waals surface area contributed by atoms with Crippen molar-refractivity contribution in [3.05, 3.63) is 35.4 Å². The van der Waals surface area contributed by atoms with Crippen molar-refractivity contribution in [2.24, 2.45) is 5.92 Å². The van der Waals surface area contributed by atoms with Crippen molar-refractivity contribution in [3.63, 3.8) is 0 Å². The largest absolute Gasteiger partial charge is 0.396 e. The summed E-state index contributed by atoms with van der Waals surface area (Å²) < 4.78 is 0. The molecule has 0 bridgehead atoms. The second-order valence-corrected chi connectivity index (χ2v) is 4.45. The fourth-order valence-corrected chi connectivity index (χ4v) is 2.36. The first-order valence-corrected chi connectivity index (χ1v) is 5.69. The molecule has 0 saturated carbocycles. The monoisotopic (exact) mass is 205 g/mol. The third-order valence-electron chi connectivity index (χ3n) is 3.37. The molecule has 2 rings (SSSR count). The van der Waals surface area contributed by atoms with Gasteiger partial charge in [0.05, 0.1) is 6.61 Å². The zero-order valence-electron chi connectivity index (χ0n) is 9.24. The van der Waals surface area contributed by atoms with E-state index in [9.17, 15) is 5.11 Å². The van der Waals surface area contributed by atoms with Gasteiger partial charge in [0.15, 0.2) is 0 Å². The molecule has 2 N–H and O–H groups in total. The molecule has 1 aromatic rings. The number of benzene rings is 1. The quantitative estimate of drug-likeness (QED) is 0.787. The molecule has 2 unspecified atom stereocenters. The molecule has 0 radical (unpaired) electrons. The van der Waals surface area contributed by atoms with Crippen LogP contribution in [0.25, 0.3) is 0 Å². The zero-order chi connectivity index (χ0) is 10.7. The van der Waals surface area contributed by atoms with Gasteiger partial charge in [-0.25, -0.2) is 0 Å². The van der Waals surface area contributed by atoms with Gasteiger partial charge in [0, 0.05) is 5.92 Å². The smallest absolute Gasteiger partial charge is 0.0502 e. The van der Waals surface area contributed by atoms with E-state index >= 15 is 0 Å². The van der Waals surface area contributed by atoms with Gasteiger partial charge < -0.3 is 10.4 Å². The Morgan fingerprint density at radius 2 is 2.13 bits per heavy atom. The standard InChI is InChI=1S/C13H19NO/c1-10-2-4-11(5-3-10)13(9-15)12-6-7-14-8-12/h2-5,12-15H,6-9H2,1H3. The van der Waals surface area contributed by atoms with Crippen LogP contribution in [0.15, 0.2) is 24.3 Å². The molecule has 0 amide bonds. The van der Waals surface area contributed by atoms with Crippen molar-refractivity contribution in [2.75, 3.05) is 19.7 Å². The molecule has 2 nitrogen and oxygen atoms in total. The first-order chi connectivity index (χ1) is 7.31. The molecule has 2 heteroatoms. The maximum absolute atomic E-state index is 9.48. The van der Waals surface area contributed by atoms with Crippen LogP contribution in [0.1, 0.15) is 23.5 Å². The highest BCUT2D eigenvalue weighted by Gasteiger charge is 2.25. The van der Waals surface area contributed by atoms with Gasteiger partial charge in [-0.05, 0) is 37.9 Å². The average Bonchev–Trinajstić information content (AvgIpc) is 2.75. The summed E-state index contributed by atoms with van der Waals surface area (Å²) in [6.45, 7) is 4.48. The molecule has 1 saturated heterocycles. The summed E-state index contributed by atoms with van der Waals surface area (Å²) in [6.07, 6.45) is 1.18. The fourth-order valence-electron chi connectivity index (χ4n) is 2.36. The van der Waals surface area contributed by atoms with E-state index in [0.717, 1.165) is 13.1 Å². The van der Waals surface area contributed by atoms with Crippen molar-refractivity contribution in [1.82, 2.24) is 5.32 Å². The lowest BCUT2D eigenvalue weighted by Crippen LogP contribution is -2.19. The Labute approximate surface area is 91.3 Å². The van der Waals surface area contributed by atoms with E-state index < -0.39 is 0 Å². The van der Waals surface area contributed by atoms with Crippen LogP contribution < -0.4 is 5.32 Å². The predicted molar refractivity (Wildman–Crippen MR) is 62.0 cm³/mol. The Morgan fingerprint density at radius 3 is 2.67 bits per heavy atom. The summed E-state index contributed by atoms with van der Waals surface area (Å²) in [5.74, 6) is 0.901. The van der Waals surface area contributed by atoms with Crippen LogP contribution in [0, 0.1) is 12.8 Å². The van der Waals surface area contributed by atoms with Crippen molar-refractivity contribution in [3.8, 4) is 0 Å². The normalized spacial score (nSPS) is 22.9. The molecular weight excluding hydrogens is 186 g/mol. The topological polar surface area (TPSA) is 32.3 Å². The Hall–Kier alpha value is -0.860. The molecule has 82 valence electrons. The second kappa shape index (κ2) is 4.77. The van der Waals surface area contributed by atoms with Gasteiger partial charge in [0.2, 0.25) is 0 Å². The van der Waals surface area contributed by atoms with Crippen molar-refractivity contribution < 1.29 is 5.11 Å². The summed E-state index contributed by atoms with van der Waals surface area (Å²) in [5.41, 5.74) is 2.55. The first kappa shape index (κ1) is 10.7. The Bertz CT molecular complexity index is 301. The molecule has 1 heterocycles. The van der Waals surface area contributed by atoms with Gasteiger partial charge >= 0.3 is 0 Å². The molecule has 1 aliphatic rings. The number of nitrogens with one attached hydrogen (secondary N) is 1. The van der Waals surface area contributed by atoms with E-state index in [1.165, 1.54) is 17.5 Å². The minimum Gasteiger partial charge on any atom is -0.396 e. The van der Waals surface area contributed by atoms with Gasteiger partial charge in [0.25, 0.3) is 0 Å². The van der Waals surface area contributed by atoms with Crippen LogP contribution in [-0.4, -0.2) is 24.8 Å². The molecule has 2 atom stereocenters. The minimum absolute atomic E-state index is 0.259. The van der Waals surface area contributed by atoms with E-state index in [1.54, 1.807) is 0 Å². The highest BCUT2D eigenvalue weighted by atomic mass is 16.3. The molecule has 1 aliphatic heterocycles. The Balaban J connectivity index is 2.14. The van der Waals surface area contributed by atoms with E-state index in [1.807, 2.05) is 0 Å². The zero-order valence-corrected chi connectivity index (χ0v) is 9.24. The van der Waals surface area contributed by atoms with E-state index in [2.05, 4.69) is 36.5 Å². The maximum atomic E-state index is 9.48. The summed E-state index contributed by atoms with van der Waals surface area (Å²) in [5, 5.41) is 12.8. The number of aliphatic hydroxyl groups excluding tert-OH is 1. The van der Waals surface area contributed by atoms with E-state index in [-0.39, 0.29) is 6.61 Å². The van der Waals surface area contributed by atoms with E-state index in [4.69, 9.17) is 0 Å². The van der Waals surface area contributed by atoms with Crippen LogP contribution >= 0.6 is 0 Å². The number of hydrogen-bond donors (Lipinski definition) is 2. The summed E-state index contributed by atoms with van der Waals surface area (Å²) in [6, 6.07) is 8.55. The molecular formula is C13H19NO. The molecule has 0 aromatic heterocycles. The Morgan fingerprint density at radius 1 is 1.40 bits per heavy atom. The first-order valence-electron chi connectivity index (χ1n) is 5.69. The second-order valence-electron chi connectivity index (χ2n) is 4.45. The molecule has 0 spiro atoms. The van der Waals surface area contributed by atoms with Crippen LogP contribution in [0.5, 0.6) is 0 Å². The maximum Gasteiger partial charge on any atom is 0.0502 e. The lowest BCUT2D eigenvalue weighted by molar-refractivity contribution is 0.231. The van der Waals surface area contributed by atoms with Crippen LogP contribution in [0.3, 0.4) is 0 Å². The number of hydrogen-bond acceptors (Lipinski definition) is 2. The van der Waals surface area contributed by atoms with E-state index in [0.29, 0.717) is 11.8 Å². The third-order valence-corrected chi connectivity index (χ3v) is 3.37. The van der Waals surface area contributed by atoms with Gasteiger partial charge in [-0.2, -0.15) is 0 Å². The Kier molecular flexibility index (Phi) is 3.39. The van der Waals surface area contributed by atoms with Crippen molar-refractivity contribution in [1.29, 1.82) is 0 Å². The van der Waals surface area contributed by atoms with Gasteiger partial charge in [-0.1, -0.05) is 29.8 Å². The number of aliphatic hydroxyl groups is 1. The third kappa shape index (κ3) is 2.39. The molecule has 1 fully saturated rings. The van der Waals surface area contributed by atoms with Crippen LogP contribution in [0.2, 0.25) is 0 Å².